The van der Waals surface area contributed by atoms with Crippen LogP contribution in [0.2, 0.25) is 0 Å². The van der Waals surface area contributed by atoms with E-state index in [2.05, 4.69) is 119 Å². The lowest BCUT2D eigenvalue weighted by atomic mass is 9.77. The molecule has 0 aromatic heterocycles. The topological polar surface area (TPSA) is 0 Å². The number of unbranched alkanes of at least 4 members (excludes halogenated alkanes) is 1. The summed E-state index contributed by atoms with van der Waals surface area (Å²) >= 11 is 0. The van der Waals surface area contributed by atoms with Crippen LogP contribution in [-0.2, 0) is 34.5 Å². The van der Waals surface area contributed by atoms with Gasteiger partial charge in [0.25, 0.3) is 0 Å². The van der Waals surface area contributed by atoms with Gasteiger partial charge < -0.3 is 0 Å². The smallest absolute Gasteiger partial charge is 0.0129 e. The van der Waals surface area contributed by atoms with Crippen LogP contribution in [-0.4, -0.2) is 0 Å². The number of benzene rings is 2. The summed E-state index contributed by atoms with van der Waals surface area (Å²) in [6, 6.07) is 14.4. The molecule has 2 aromatic rings. The monoisotopic (exact) mass is 434 g/mol. The predicted molar refractivity (Wildman–Crippen MR) is 144 cm³/mol. The van der Waals surface area contributed by atoms with Gasteiger partial charge in [-0.1, -0.05) is 119 Å². The molecule has 0 aliphatic carbocycles. The second-order valence-corrected chi connectivity index (χ2v) is 14.0. The molecule has 0 aliphatic heterocycles. The number of rotatable bonds is 5. The highest BCUT2D eigenvalue weighted by Crippen LogP contribution is 2.33. The van der Waals surface area contributed by atoms with Crippen LogP contribution in [0, 0.1) is 0 Å². The molecule has 0 aliphatic rings. The van der Waals surface area contributed by atoms with E-state index >= 15 is 0 Å². The molecule has 0 nitrogen and oxygen atoms in total. The van der Waals surface area contributed by atoms with Crippen molar-refractivity contribution < 1.29 is 0 Å². The van der Waals surface area contributed by atoms with Gasteiger partial charge in [0.2, 0.25) is 0 Å². The summed E-state index contributed by atoms with van der Waals surface area (Å²) in [5, 5.41) is 0. The second kappa shape index (κ2) is 9.36. The molecule has 0 radical (unpaired) electrons. The second-order valence-electron chi connectivity index (χ2n) is 14.0. The first-order valence-electron chi connectivity index (χ1n) is 12.7. The number of hydrogen-bond donors (Lipinski definition) is 0. The largest absolute Gasteiger partial charge is 0.0582 e. The van der Waals surface area contributed by atoms with Gasteiger partial charge in [0.1, 0.15) is 0 Å². The van der Waals surface area contributed by atoms with E-state index in [1.165, 1.54) is 47.9 Å². The molecule has 32 heavy (non-hydrogen) atoms. The van der Waals surface area contributed by atoms with Crippen molar-refractivity contribution >= 4 is 0 Å². The summed E-state index contributed by atoms with van der Waals surface area (Å²) in [4.78, 5) is 0. The number of hydrogen-bond acceptors (Lipinski definition) is 0. The van der Waals surface area contributed by atoms with Crippen LogP contribution in [0.3, 0.4) is 0 Å². The zero-order chi connectivity index (χ0) is 24.5. The molecule has 0 saturated heterocycles. The fourth-order valence-electron chi connectivity index (χ4n) is 4.63. The molecule has 0 fully saturated rings. The first-order valence-corrected chi connectivity index (χ1v) is 12.7. The lowest BCUT2D eigenvalue weighted by Crippen LogP contribution is -2.18. The summed E-state index contributed by atoms with van der Waals surface area (Å²) in [7, 11) is 0. The zero-order valence-electron chi connectivity index (χ0n) is 23.3. The molecule has 0 atom stereocenters. The standard InChI is InChI=1S/C32H50/c1-29(2,3)25-17-19-27(31(7,8)9)23(21-25)15-13-14-16-24-22-26(30(4,5)6)18-20-28(24)32(10,11)12/h17-22H,13-16H2,1-12H3. The Kier molecular flexibility index (Phi) is 7.81. The minimum atomic E-state index is 0.187. The zero-order valence-corrected chi connectivity index (χ0v) is 23.3. The van der Waals surface area contributed by atoms with Crippen molar-refractivity contribution in [2.75, 3.05) is 0 Å². The Labute approximate surface area is 200 Å². The van der Waals surface area contributed by atoms with E-state index in [4.69, 9.17) is 0 Å². The molecule has 178 valence electrons. The van der Waals surface area contributed by atoms with Gasteiger partial charge in [0.15, 0.2) is 0 Å². The van der Waals surface area contributed by atoms with Crippen molar-refractivity contribution in [2.45, 2.75) is 130 Å². The Morgan fingerprint density at radius 3 is 1.00 bits per heavy atom. The predicted octanol–water partition coefficient (Wildman–Crippen LogP) is 9.44. The van der Waals surface area contributed by atoms with Gasteiger partial charge in [-0.2, -0.15) is 0 Å². The highest BCUT2D eigenvalue weighted by Gasteiger charge is 2.23. The highest BCUT2D eigenvalue weighted by atomic mass is 14.3. The van der Waals surface area contributed by atoms with E-state index < -0.39 is 0 Å². The van der Waals surface area contributed by atoms with E-state index in [0.717, 1.165) is 0 Å². The molecule has 0 heteroatoms. The highest BCUT2D eigenvalue weighted by molar-refractivity contribution is 5.40. The van der Waals surface area contributed by atoms with Gasteiger partial charge in [-0.25, -0.2) is 0 Å². The van der Waals surface area contributed by atoms with E-state index in [9.17, 15) is 0 Å². The summed E-state index contributed by atoms with van der Waals surface area (Å²) in [6.45, 7) is 28.0. The molecule has 0 spiro atoms. The van der Waals surface area contributed by atoms with Crippen LogP contribution >= 0.6 is 0 Å². The van der Waals surface area contributed by atoms with Crippen LogP contribution in [0.1, 0.15) is 129 Å². The van der Waals surface area contributed by atoms with Crippen molar-refractivity contribution in [3.63, 3.8) is 0 Å². The van der Waals surface area contributed by atoms with Crippen molar-refractivity contribution in [2.24, 2.45) is 0 Å². The van der Waals surface area contributed by atoms with Crippen LogP contribution in [0.25, 0.3) is 0 Å². The van der Waals surface area contributed by atoms with Crippen molar-refractivity contribution in [3.8, 4) is 0 Å². The molecule has 0 heterocycles. The Balaban J connectivity index is 2.23. The molecule has 2 aromatic carbocycles. The average Bonchev–Trinajstić information content (AvgIpc) is 2.61. The molecule has 0 amide bonds. The minimum absolute atomic E-state index is 0.187. The molecular formula is C32H50. The van der Waals surface area contributed by atoms with E-state index in [1.807, 2.05) is 0 Å². The van der Waals surface area contributed by atoms with Gasteiger partial charge >= 0.3 is 0 Å². The number of aryl methyl sites for hydroxylation is 2. The maximum Gasteiger partial charge on any atom is -0.0129 e. The van der Waals surface area contributed by atoms with Gasteiger partial charge in [0.05, 0.1) is 0 Å². The third-order valence-corrected chi connectivity index (χ3v) is 6.70. The summed E-state index contributed by atoms with van der Waals surface area (Å²) in [5.74, 6) is 0. The van der Waals surface area contributed by atoms with E-state index in [-0.39, 0.29) is 21.7 Å². The summed E-state index contributed by atoms with van der Waals surface area (Å²) < 4.78 is 0. The fraction of sp³-hybridized carbons (Fsp3) is 0.625. The summed E-state index contributed by atoms with van der Waals surface area (Å²) in [6.07, 6.45) is 4.81. The molecule has 2 rings (SSSR count). The third kappa shape index (κ3) is 6.97. The van der Waals surface area contributed by atoms with Crippen molar-refractivity contribution in [1.29, 1.82) is 0 Å². The minimum Gasteiger partial charge on any atom is -0.0582 e. The fourth-order valence-corrected chi connectivity index (χ4v) is 4.63. The van der Waals surface area contributed by atoms with Crippen LogP contribution < -0.4 is 0 Å². The van der Waals surface area contributed by atoms with Gasteiger partial charge in [-0.3, -0.25) is 0 Å². The van der Waals surface area contributed by atoms with Gasteiger partial charge in [-0.05, 0) is 80.7 Å². The SMILES string of the molecule is CC(C)(C)c1ccc(C(C)(C)C)c(CCCCc2cc(C(C)(C)C)ccc2C(C)(C)C)c1. The van der Waals surface area contributed by atoms with Crippen LogP contribution in [0.5, 0.6) is 0 Å². The third-order valence-electron chi connectivity index (χ3n) is 6.70. The molecular weight excluding hydrogens is 384 g/mol. The Hall–Kier alpha value is -1.56. The van der Waals surface area contributed by atoms with Gasteiger partial charge in [-0.15, -0.1) is 0 Å². The lowest BCUT2D eigenvalue weighted by molar-refractivity contribution is 0.561. The Morgan fingerprint density at radius 1 is 0.438 bits per heavy atom. The molecule has 0 bridgehead atoms. The molecule has 0 N–H and O–H groups in total. The lowest BCUT2D eigenvalue weighted by Gasteiger charge is -2.28. The molecule has 0 unspecified atom stereocenters. The molecule has 0 saturated carbocycles. The normalized spacial score (nSPS) is 13.5. The Bertz CT molecular complexity index is 822. The van der Waals surface area contributed by atoms with Crippen LogP contribution in [0.15, 0.2) is 36.4 Å². The van der Waals surface area contributed by atoms with Crippen molar-refractivity contribution in [1.82, 2.24) is 0 Å². The quantitative estimate of drug-likeness (QED) is 0.411. The average molecular weight is 435 g/mol. The van der Waals surface area contributed by atoms with Gasteiger partial charge in [0, 0.05) is 0 Å². The first kappa shape index (κ1) is 26.7. The van der Waals surface area contributed by atoms with E-state index in [0.29, 0.717) is 0 Å². The maximum absolute atomic E-state index is 2.49. The maximum atomic E-state index is 2.49. The summed E-state index contributed by atoms with van der Waals surface area (Å²) in [5.41, 5.74) is 9.78. The van der Waals surface area contributed by atoms with Crippen LogP contribution in [0.4, 0.5) is 0 Å². The Morgan fingerprint density at radius 2 is 0.750 bits per heavy atom. The first-order chi connectivity index (χ1) is 14.4. The van der Waals surface area contributed by atoms with Crippen molar-refractivity contribution in [3.05, 3.63) is 69.8 Å². The van der Waals surface area contributed by atoms with E-state index in [1.54, 1.807) is 11.1 Å².